The third-order valence-corrected chi connectivity index (χ3v) is 12.0. The van der Waals surface area contributed by atoms with Gasteiger partial charge in [-0.1, -0.05) is 130 Å². The number of fused-ring (bicyclic) bond motifs is 2. The van der Waals surface area contributed by atoms with Crippen molar-refractivity contribution < 1.29 is 43.2 Å². The molecule has 8 heteroatoms. The van der Waals surface area contributed by atoms with Crippen LogP contribution in [0, 0.1) is 23.3 Å². The number of halogens is 3. The molecule has 1 radical (unpaired) electrons. The van der Waals surface area contributed by atoms with E-state index in [0.717, 1.165) is 57.5 Å². The minimum absolute atomic E-state index is 0. The summed E-state index contributed by atoms with van der Waals surface area (Å²) in [4.78, 5) is 17.7. The van der Waals surface area contributed by atoms with E-state index in [1.54, 1.807) is 11.3 Å². The van der Waals surface area contributed by atoms with Gasteiger partial charge in [0, 0.05) is 59.5 Å². The molecular weight excluding hydrogens is 904 g/mol. The Morgan fingerprint density at radius 3 is 1.98 bits per heavy atom. The average molecular weight is 963 g/mol. The Hall–Kier alpha value is -3.32. The molecule has 305 valence electrons. The van der Waals surface area contributed by atoms with Gasteiger partial charge in [-0.3, -0.25) is 9.78 Å². The zero-order valence-corrected chi connectivity index (χ0v) is 38.1. The van der Waals surface area contributed by atoms with Gasteiger partial charge < -0.3 is 5.11 Å². The first-order valence-corrected chi connectivity index (χ1v) is 20.6. The fourth-order valence-electron chi connectivity index (χ4n) is 7.16. The van der Waals surface area contributed by atoms with Gasteiger partial charge >= 0.3 is 6.18 Å². The van der Waals surface area contributed by atoms with Crippen LogP contribution in [0.3, 0.4) is 0 Å². The summed E-state index contributed by atoms with van der Waals surface area (Å²) in [5, 5.41) is 13.2. The Balaban J connectivity index is 0.000000448. The van der Waals surface area contributed by atoms with E-state index in [1.807, 2.05) is 64.2 Å². The van der Waals surface area contributed by atoms with Crippen LogP contribution < -0.4 is 0 Å². The predicted octanol–water partition coefficient (Wildman–Crippen LogP) is 15.0. The van der Waals surface area contributed by atoms with Crippen LogP contribution in [0.15, 0.2) is 78.7 Å². The number of rotatable bonds is 12. The Morgan fingerprint density at radius 2 is 1.45 bits per heavy atom. The molecule has 0 spiro atoms. The monoisotopic (exact) mass is 963 g/mol. The van der Waals surface area contributed by atoms with E-state index in [2.05, 4.69) is 71.0 Å². The van der Waals surface area contributed by atoms with Crippen molar-refractivity contribution in [1.29, 1.82) is 0 Å². The molecule has 0 aliphatic rings. The van der Waals surface area contributed by atoms with E-state index in [9.17, 15) is 23.1 Å². The van der Waals surface area contributed by atoms with Crippen LogP contribution in [-0.2, 0) is 36.7 Å². The number of aliphatic hydroxyl groups excluding tert-OH is 1. The molecule has 56 heavy (non-hydrogen) atoms. The largest absolute Gasteiger partial charge is 0.512 e. The van der Waals surface area contributed by atoms with Crippen molar-refractivity contribution in [3.05, 3.63) is 101 Å². The second-order valence-electron chi connectivity index (χ2n) is 16.7. The molecule has 2 aromatic heterocycles. The summed E-state index contributed by atoms with van der Waals surface area (Å²) in [5.41, 5.74) is 4.25. The summed E-state index contributed by atoms with van der Waals surface area (Å²) in [6.45, 7) is 21.6. The number of ketones is 1. The number of benzene rings is 3. The number of aliphatic hydroxyl groups is 1. The number of carbonyl (C=O) groups is 1. The van der Waals surface area contributed by atoms with E-state index in [-0.39, 0.29) is 61.2 Å². The summed E-state index contributed by atoms with van der Waals surface area (Å²) in [6.07, 6.45) is 2.48. The van der Waals surface area contributed by atoms with Crippen molar-refractivity contribution in [3.63, 3.8) is 0 Å². The van der Waals surface area contributed by atoms with Crippen molar-refractivity contribution in [1.82, 2.24) is 4.98 Å². The van der Waals surface area contributed by atoms with Crippen LogP contribution in [0.25, 0.3) is 42.6 Å². The Morgan fingerprint density at radius 1 is 0.857 bits per heavy atom. The fraction of sp³-hybridized carbons (Fsp3) is 0.458. The quantitative estimate of drug-likeness (QED) is 0.0770. The number of pyridine rings is 1. The van der Waals surface area contributed by atoms with Gasteiger partial charge in [0.1, 0.15) is 0 Å². The molecule has 0 aliphatic carbocycles. The second kappa shape index (κ2) is 19.4. The molecule has 0 aliphatic heterocycles. The first-order valence-electron chi connectivity index (χ1n) is 19.7. The van der Waals surface area contributed by atoms with Gasteiger partial charge in [-0.05, 0) is 71.6 Å². The van der Waals surface area contributed by atoms with Crippen molar-refractivity contribution in [2.24, 2.45) is 17.3 Å². The van der Waals surface area contributed by atoms with Crippen LogP contribution in [0.1, 0.15) is 124 Å². The molecule has 0 bridgehead atoms. The Labute approximate surface area is 350 Å². The van der Waals surface area contributed by atoms with Gasteiger partial charge in [-0.2, -0.15) is 13.2 Å². The summed E-state index contributed by atoms with van der Waals surface area (Å²) >= 11 is 1.71. The van der Waals surface area contributed by atoms with E-state index in [4.69, 9.17) is 4.98 Å². The number of nitrogens with zero attached hydrogens (tertiary/aromatic N) is 1. The first kappa shape index (κ1) is 47.1. The third-order valence-electron chi connectivity index (χ3n) is 10.8. The Bertz CT molecular complexity index is 2100. The fourth-order valence-corrected chi connectivity index (χ4v) is 8.63. The van der Waals surface area contributed by atoms with Gasteiger partial charge in [-0.15, -0.1) is 40.5 Å². The van der Waals surface area contributed by atoms with Crippen molar-refractivity contribution in [2.75, 3.05) is 0 Å². The summed E-state index contributed by atoms with van der Waals surface area (Å²) < 4.78 is 41.5. The van der Waals surface area contributed by atoms with Crippen LogP contribution in [0.2, 0.25) is 0 Å². The average Bonchev–Trinajstić information content (AvgIpc) is 3.52. The number of thiophene rings is 1. The van der Waals surface area contributed by atoms with Gasteiger partial charge in [0.25, 0.3) is 0 Å². The number of aromatic nitrogens is 1. The second-order valence-corrected chi connectivity index (χ2v) is 17.7. The molecule has 0 saturated carbocycles. The standard InChI is InChI=1S/C35H35F3NS.C13H24O2.Ir/c1-21(2)29-27-16-17-39-30(25-18-24-10-8-9-11-26(24)28(19-25)33(3,4)5)32(27)40-31(29)23-14-12-22(13-15-23)20-34(6,7)35(36,37)38;1-5-10(6-2)12(14)9-13(15)11(7-3)8-4;/h8-17,19,21H,20H2,1-7H3;9-11,14H,5-8H2,1-4H3;/q-1;;/b;12-9-;. The molecule has 5 aromatic rings. The molecule has 0 unspecified atom stereocenters. The van der Waals surface area contributed by atoms with Crippen LogP contribution in [-0.4, -0.2) is 22.1 Å². The number of alkyl halides is 3. The predicted molar refractivity (Wildman–Crippen MR) is 227 cm³/mol. The molecule has 2 heterocycles. The summed E-state index contributed by atoms with van der Waals surface area (Å²) in [6, 6.07) is 23.9. The molecular formula is C48H59F3IrNO2S-. The van der Waals surface area contributed by atoms with E-state index in [0.29, 0.717) is 5.56 Å². The van der Waals surface area contributed by atoms with Crippen LogP contribution in [0.5, 0.6) is 0 Å². The molecule has 3 aromatic carbocycles. The zero-order chi connectivity index (χ0) is 40.9. The third kappa shape index (κ3) is 10.8. The maximum Gasteiger partial charge on any atom is 0.394 e. The Kier molecular flexibility index (Phi) is 16.3. The SMILES string of the molecule is CC(C)c1c(-c2ccc(CC(C)(C)C(F)(F)F)cc2)sc2c(-c3[c-]c4ccccc4c(C(C)(C)C)c3)nccc12.CCC(CC)C(=O)/C=C(\O)C(CC)CC.[Ir]. The summed E-state index contributed by atoms with van der Waals surface area (Å²) in [7, 11) is 0. The van der Waals surface area contributed by atoms with Crippen molar-refractivity contribution >= 4 is 38.0 Å². The van der Waals surface area contributed by atoms with E-state index >= 15 is 0 Å². The number of carbonyl (C=O) groups excluding carboxylic acids is 1. The summed E-state index contributed by atoms with van der Waals surface area (Å²) in [5.74, 6) is 0.805. The molecule has 0 fully saturated rings. The maximum atomic E-state index is 13.5. The number of allylic oxidation sites excluding steroid dienone is 2. The van der Waals surface area contributed by atoms with Gasteiger partial charge in [0.05, 0.1) is 11.2 Å². The topological polar surface area (TPSA) is 50.2 Å². The van der Waals surface area contributed by atoms with Gasteiger partial charge in [0.15, 0.2) is 5.78 Å². The van der Waals surface area contributed by atoms with Crippen LogP contribution in [0.4, 0.5) is 13.2 Å². The molecule has 0 amide bonds. The van der Waals surface area contributed by atoms with Gasteiger partial charge in [-0.25, -0.2) is 0 Å². The molecule has 5 rings (SSSR count). The molecule has 0 saturated heterocycles. The van der Waals surface area contributed by atoms with Gasteiger partial charge in [0.2, 0.25) is 0 Å². The molecule has 0 atom stereocenters. The maximum absolute atomic E-state index is 13.5. The van der Waals surface area contributed by atoms with Crippen LogP contribution >= 0.6 is 11.3 Å². The van der Waals surface area contributed by atoms with E-state index < -0.39 is 11.6 Å². The number of hydrogen-bond acceptors (Lipinski definition) is 4. The minimum Gasteiger partial charge on any atom is -0.512 e. The zero-order valence-electron chi connectivity index (χ0n) is 34.9. The molecule has 1 N–H and O–H groups in total. The smallest absolute Gasteiger partial charge is 0.394 e. The first-order chi connectivity index (χ1) is 25.8. The normalized spacial score (nSPS) is 12.7. The van der Waals surface area contributed by atoms with Crippen molar-refractivity contribution in [2.45, 2.75) is 126 Å². The van der Waals surface area contributed by atoms with Crippen molar-refractivity contribution in [3.8, 4) is 21.7 Å². The minimum atomic E-state index is -4.25. The van der Waals surface area contributed by atoms with E-state index in [1.165, 1.54) is 41.8 Å². The molecule has 3 nitrogen and oxygen atoms in total. The number of hydrogen-bond donors (Lipinski definition) is 1.